The van der Waals surface area contributed by atoms with E-state index in [1.165, 1.54) is 28.8 Å². The van der Waals surface area contributed by atoms with Gasteiger partial charge in [0.05, 0.1) is 30.1 Å². The number of ether oxygens (including phenoxy) is 1. The molecule has 0 radical (unpaired) electrons. The summed E-state index contributed by atoms with van der Waals surface area (Å²) < 4.78 is 45.3. The van der Waals surface area contributed by atoms with E-state index in [1.807, 2.05) is 37.3 Å². The number of methoxy groups -OCH3 is 1. The standard InChI is InChI=1S/C30H27F3N4O4/c1-18-25(21-5-3-19(4-6-21)20-11-13-36(14-12-20)29(39)40)15-22(16-26(18)28(38)41-2)27-17-37(35-34-27)24-9-7-23(8-10-24)30(31,32)33/h3-10,15-17,20H,11-14H2,1-2H3,(H,39,40). The molecule has 2 heterocycles. The van der Waals surface area contributed by atoms with Crippen LogP contribution >= 0.6 is 0 Å². The van der Waals surface area contributed by atoms with E-state index >= 15 is 0 Å². The van der Waals surface area contributed by atoms with Gasteiger partial charge in [0.25, 0.3) is 0 Å². The minimum absolute atomic E-state index is 0.262. The number of carbonyl (C=O) groups is 2. The van der Waals surface area contributed by atoms with Crippen LogP contribution in [0.1, 0.15) is 45.8 Å². The number of rotatable bonds is 5. The Labute approximate surface area is 234 Å². The second-order valence-electron chi connectivity index (χ2n) is 9.95. The Bertz CT molecular complexity index is 1570. The molecule has 212 valence electrons. The quantitative estimate of drug-likeness (QED) is 0.275. The minimum atomic E-state index is -4.44. The summed E-state index contributed by atoms with van der Waals surface area (Å²) in [4.78, 5) is 25.3. The molecule has 0 atom stereocenters. The van der Waals surface area contributed by atoms with Crippen LogP contribution in [0.3, 0.4) is 0 Å². The van der Waals surface area contributed by atoms with Gasteiger partial charge in [0.2, 0.25) is 0 Å². The summed E-state index contributed by atoms with van der Waals surface area (Å²) in [5.41, 5.74) is 4.53. The number of piperidine rings is 1. The zero-order chi connectivity index (χ0) is 29.3. The normalized spacial score (nSPS) is 14.2. The van der Waals surface area contributed by atoms with Crippen LogP contribution in [-0.2, 0) is 10.9 Å². The van der Waals surface area contributed by atoms with Gasteiger partial charge < -0.3 is 14.7 Å². The van der Waals surface area contributed by atoms with Crippen LogP contribution in [0.15, 0.2) is 66.9 Å². The summed E-state index contributed by atoms with van der Waals surface area (Å²) in [6, 6.07) is 16.2. The van der Waals surface area contributed by atoms with Crippen molar-refractivity contribution in [3.63, 3.8) is 0 Å². The van der Waals surface area contributed by atoms with Gasteiger partial charge in [-0.25, -0.2) is 14.3 Å². The summed E-state index contributed by atoms with van der Waals surface area (Å²) in [5, 5.41) is 17.5. The van der Waals surface area contributed by atoms with E-state index in [-0.39, 0.29) is 5.92 Å². The number of carbonyl (C=O) groups excluding carboxylic acids is 1. The SMILES string of the molecule is COC(=O)c1cc(-c2cn(-c3ccc(C(F)(F)F)cc3)nn2)cc(-c2ccc(C3CCN(C(=O)O)CC3)cc2)c1C. The van der Waals surface area contributed by atoms with Gasteiger partial charge in [-0.15, -0.1) is 5.10 Å². The van der Waals surface area contributed by atoms with Crippen LogP contribution in [0, 0.1) is 6.92 Å². The number of esters is 1. The lowest BCUT2D eigenvalue weighted by Crippen LogP contribution is -2.36. The van der Waals surface area contributed by atoms with Gasteiger partial charge in [-0.2, -0.15) is 13.2 Å². The molecule has 4 aromatic rings. The molecule has 0 saturated carbocycles. The maximum atomic E-state index is 13.0. The van der Waals surface area contributed by atoms with E-state index in [0.717, 1.165) is 47.2 Å². The maximum absolute atomic E-state index is 13.0. The molecule has 1 aliphatic rings. The van der Waals surface area contributed by atoms with Gasteiger partial charge >= 0.3 is 18.2 Å². The highest BCUT2D eigenvalue weighted by atomic mass is 19.4. The Morgan fingerprint density at radius 1 is 0.976 bits per heavy atom. The van der Waals surface area contributed by atoms with Crippen molar-refractivity contribution in [1.29, 1.82) is 0 Å². The summed E-state index contributed by atoms with van der Waals surface area (Å²) in [5.74, 6) is -0.250. The highest BCUT2D eigenvalue weighted by Gasteiger charge is 2.30. The van der Waals surface area contributed by atoms with Gasteiger partial charge in [-0.05, 0) is 84.3 Å². The van der Waals surface area contributed by atoms with Crippen LogP contribution in [0.2, 0.25) is 0 Å². The molecule has 0 bridgehead atoms. The number of hydrogen-bond acceptors (Lipinski definition) is 5. The van der Waals surface area contributed by atoms with Crippen LogP contribution in [-0.4, -0.2) is 57.3 Å². The van der Waals surface area contributed by atoms with E-state index in [4.69, 9.17) is 4.74 Å². The fourth-order valence-corrected chi connectivity index (χ4v) is 5.15. The van der Waals surface area contributed by atoms with E-state index in [2.05, 4.69) is 10.3 Å². The van der Waals surface area contributed by atoms with Crippen molar-refractivity contribution >= 4 is 12.1 Å². The first-order valence-corrected chi connectivity index (χ1v) is 13.0. The molecule has 1 N–H and O–H groups in total. The Kier molecular flexibility index (Phi) is 7.53. The van der Waals surface area contributed by atoms with Gasteiger partial charge in [0, 0.05) is 18.7 Å². The molecular formula is C30H27F3N4O4. The summed E-state index contributed by atoms with van der Waals surface area (Å²) >= 11 is 0. The third-order valence-corrected chi connectivity index (χ3v) is 7.52. The fraction of sp³-hybridized carbons (Fsp3) is 0.267. The van der Waals surface area contributed by atoms with Crippen molar-refractivity contribution in [2.24, 2.45) is 0 Å². The average Bonchev–Trinajstić information content (AvgIpc) is 3.47. The Hall–Kier alpha value is -4.67. The first kappa shape index (κ1) is 27.9. The molecule has 11 heteroatoms. The van der Waals surface area contributed by atoms with E-state index in [0.29, 0.717) is 35.6 Å². The smallest absolute Gasteiger partial charge is 0.416 e. The molecule has 1 fully saturated rings. The van der Waals surface area contributed by atoms with Crippen molar-refractivity contribution in [2.45, 2.75) is 31.9 Å². The molecule has 3 aromatic carbocycles. The molecule has 1 aliphatic heterocycles. The van der Waals surface area contributed by atoms with Gasteiger partial charge in [-0.3, -0.25) is 0 Å². The molecule has 1 amide bonds. The van der Waals surface area contributed by atoms with Gasteiger partial charge in [-0.1, -0.05) is 29.5 Å². The highest BCUT2D eigenvalue weighted by Crippen LogP contribution is 2.35. The zero-order valence-electron chi connectivity index (χ0n) is 22.4. The van der Waals surface area contributed by atoms with E-state index in [1.54, 1.807) is 12.3 Å². The number of likely N-dealkylation sites (tertiary alicyclic amines) is 1. The average molecular weight is 565 g/mol. The number of aromatic nitrogens is 3. The molecular weight excluding hydrogens is 537 g/mol. The van der Waals surface area contributed by atoms with E-state index in [9.17, 15) is 27.9 Å². The molecule has 1 saturated heterocycles. The zero-order valence-corrected chi connectivity index (χ0v) is 22.4. The second-order valence-corrected chi connectivity index (χ2v) is 9.95. The number of nitrogens with zero attached hydrogens (tertiary/aromatic N) is 4. The molecule has 8 nitrogen and oxygen atoms in total. The molecule has 41 heavy (non-hydrogen) atoms. The van der Waals surface area contributed by atoms with Gasteiger partial charge in [0.15, 0.2) is 0 Å². The molecule has 0 spiro atoms. The summed E-state index contributed by atoms with van der Waals surface area (Å²) in [7, 11) is 1.31. The third kappa shape index (κ3) is 5.79. The predicted molar refractivity (Wildman–Crippen MR) is 145 cm³/mol. The van der Waals surface area contributed by atoms with Crippen LogP contribution in [0.25, 0.3) is 28.1 Å². The lowest BCUT2D eigenvalue weighted by Gasteiger charge is -2.30. The summed E-state index contributed by atoms with van der Waals surface area (Å²) in [6.45, 7) is 2.83. The maximum Gasteiger partial charge on any atom is 0.416 e. The van der Waals surface area contributed by atoms with Crippen LogP contribution in [0.4, 0.5) is 18.0 Å². The third-order valence-electron chi connectivity index (χ3n) is 7.52. The van der Waals surface area contributed by atoms with Crippen molar-refractivity contribution < 1.29 is 32.6 Å². The highest BCUT2D eigenvalue weighted by molar-refractivity contribution is 5.95. The van der Waals surface area contributed by atoms with Crippen molar-refractivity contribution in [3.05, 3.63) is 89.1 Å². The second kappa shape index (κ2) is 11.1. The van der Waals surface area contributed by atoms with Crippen LogP contribution in [0.5, 0.6) is 0 Å². The van der Waals surface area contributed by atoms with Crippen LogP contribution < -0.4 is 0 Å². The Morgan fingerprint density at radius 2 is 1.63 bits per heavy atom. The van der Waals surface area contributed by atoms with Crippen molar-refractivity contribution in [1.82, 2.24) is 19.9 Å². The molecule has 5 rings (SSSR count). The van der Waals surface area contributed by atoms with Crippen molar-refractivity contribution in [3.8, 4) is 28.1 Å². The minimum Gasteiger partial charge on any atom is -0.465 e. The molecule has 1 aromatic heterocycles. The first-order chi connectivity index (χ1) is 19.5. The van der Waals surface area contributed by atoms with E-state index < -0.39 is 23.8 Å². The predicted octanol–water partition coefficient (Wildman–Crippen LogP) is 6.57. The topological polar surface area (TPSA) is 97.6 Å². The molecule has 0 aliphatic carbocycles. The Balaban J connectivity index is 1.46. The Morgan fingerprint density at radius 3 is 2.22 bits per heavy atom. The number of halogens is 3. The monoisotopic (exact) mass is 564 g/mol. The number of hydrogen-bond donors (Lipinski definition) is 1. The fourth-order valence-electron chi connectivity index (χ4n) is 5.15. The van der Waals surface area contributed by atoms with Crippen molar-refractivity contribution in [2.75, 3.05) is 20.2 Å². The lowest BCUT2D eigenvalue weighted by atomic mass is 9.87. The first-order valence-electron chi connectivity index (χ1n) is 13.0. The lowest BCUT2D eigenvalue weighted by molar-refractivity contribution is -0.137. The van der Waals surface area contributed by atoms with Gasteiger partial charge in [0.1, 0.15) is 5.69 Å². The largest absolute Gasteiger partial charge is 0.465 e. The number of amides is 1. The number of benzene rings is 3. The number of carboxylic acid groups (broad SMARTS) is 1. The number of alkyl halides is 3. The summed E-state index contributed by atoms with van der Waals surface area (Å²) in [6.07, 6.45) is -2.24. The molecule has 0 unspecified atom stereocenters.